The van der Waals surface area contributed by atoms with Crippen LogP contribution in [-0.2, 0) is 19.6 Å². The number of amides is 2. The largest absolute Gasteiger partial charge is 0.439 e. The van der Waals surface area contributed by atoms with E-state index in [1.165, 1.54) is 0 Å². The van der Waals surface area contributed by atoms with E-state index < -0.39 is 38.6 Å². The van der Waals surface area contributed by atoms with Gasteiger partial charge >= 0.3 is 6.09 Å². The monoisotopic (exact) mass is 346 g/mol. The molecule has 0 N–H and O–H groups in total. The van der Waals surface area contributed by atoms with Gasteiger partial charge < -0.3 is 4.74 Å². The molecule has 23 heavy (non-hydrogen) atoms. The molecular weight excluding hydrogens is 334 g/mol. The zero-order valence-electron chi connectivity index (χ0n) is 11.7. The fraction of sp³-hybridized carbons (Fsp3) is 0.385. The van der Waals surface area contributed by atoms with E-state index in [2.05, 4.69) is 4.74 Å². The predicted octanol–water partition coefficient (Wildman–Crippen LogP) is 0.564. The van der Waals surface area contributed by atoms with Gasteiger partial charge in [0.15, 0.2) is 11.5 Å². The average Bonchev–Trinajstić information content (AvgIpc) is 2.72. The minimum absolute atomic E-state index is 0.0173. The molecule has 7 nitrogen and oxygen atoms in total. The van der Waals surface area contributed by atoms with E-state index in [1.807, 2.05) is 0 Å². The molecule has 124 valence electrons. The Labute approximate surface area is 130 Å². The normalized spacial score (nSPS) is 19.8. The number of halogens is 2. The lowest BCUT2D eigenvalue weighted by molar-refractivity contribution is -0.126. The summed E-state index contributed by atoms with van der Waals surface area (Å²) in [7, 11) is -4.29. The van der Waals surface area contributed by atoms with Gasteiger partial charge in [0, 0.05) is 25.6 Å². The second-order valence-corrected chi connectivity index (χ2v) is 7.17. The molecule has 0 saturated carbocycles. The maximum Gasteiger partial charge on any atom is 0.417 e. The molecule has 0 spiro atoms. The van der Waals surface area contributed by atoms with Gasteiger partial charge in [-0.25, -0.2) is 26.9 Å². The van der Waals surface area contributed by atoms with Crippen LogP contribution in [0.1, 0.15) is 0 Å². The first-order chi connectivity index (χ1) is 10.8. The molecule has 10 heteroatoms. The third kappa shape index (κ3) is 2.68. The first-order valence-corrected chi connectivity index (χ1v) is 8.16. The Balaban J connectivity index is 1.69. The number of carbonyl (C=O) groups is 2. The van der Waals surface area contributed by atoms with Crippen LogP contribution >= 0.6 is 0 Å². The highest BCUT2D eigenvalue weighted by Crippen LogP contribution is 2.29. The maximum atomic E-state index is 13.6. The van der Waals surface area contributed by atoms with Crippen LogP contribution in [0.3, 0.4) is 0 Å². The Morgan fingerprint density at radius 1 is 1.17 bits per heavy atom. The Bertz CT molecular complexity index is 740. The quantitative estimate of drug-likeness (QED) is 0.796. The van der Waals surface area contributed by atoms with Crippen LogP contribution in [-0.4, -0.2) is 55.9 Å². The van der Waals surface area contributed by atoms with Crippen molar-refractivity contribution < 1.29 is 31.5 Å². The first kappa shape index (κ1) is 15.8. The highest BCUT2D eigenvalue weighted by molar-refractivity contribution is 7.89. The standard InChI is InChI=1S/C13H12F2N2O5S/c14-9-2-1-3-10(15)12(9)23(20,21)16-4-8(5-16)6-17-11(18)7-22-13(17)19/h1-3,8H,4-7H2. The number of nitrogens with zero attached hydrogens (tertiary/aromatic N) is 2. The summed E-state index contributed by atoms with van der Waals surface area (Å²) in [6.45, 7) is -0.377. The van der Waals surface area contributed by atoms with E-state index in [0.717, 1.165) is 27.4 Å². The van der Waals surface area contributed by atoms with Crippen molar-refractivity contribution in [2.24, 2.45) is 5.92 Å². The highest BCUT2D eigenvalue weighted by atomic mass is 32.2. The number of benzene rings is 1. The Morgan fingerprint density at radius 3 is 2.30 bits per heavy atom. The van der Waals surface area contributed by atoms with Crippen molar-refractivity contribution in [3.05, 3.63) is 29.8 Å². The van der Waals surface area contributed by atoms with Crippen LogP contribution in [0, 0.1) is 17.6 Å². The average molecular weight is 346 g/mol. The molecule has 0 radical (unpaired) electrons. The van der Waals surface area contributed by atoms with Crippen molar-refractivity contribution in [2.75, 3.05) is 26.2 Å². The lowest BCUT2D eigenvalue weighted by atomic mass is 10.0. The molecule has 0 aromatic heterocycles. The summed E-state index contributed by atoms with van der Waals surface area (Å²) >= 11 is 0. The molecule has 0 atom stereocenters. The Kier molecular flexibility index (Phi) is 3.80. The topological polar surface area (TPSA) is 84.0 Å². The van der Waals surface area contributed by atoms with Gasteiger partial charge in [0.05, 0.1) is 0 Å². The van der Waals surface area contributed by atoms with Gasteiger partial charge in [0.25, 0.3) is 5.91 Å². The molecular formula is C13H12F2N2O5S. The molecule has 2 fully saturated rings. The molecule has 2 heterocycles. The van der Waals surface area contributed by atoms with Gasteiger partial charge in [-0.05, 0) is 12.1 Å². The molecule has 2 aliphatic rings. The van der Waals surface area contributed by atoms with Crippen molar-refractivity contribution in [1.82, 2.24) is 9.21 Å². The highest BCUT2D eigenvalue weighted by Gasteiger charge is 2.42. The van der Waals surface area contributed by atoms with Crippen LogP contribution in [0.5, 0.6) is 0 Å². The second kappa shape index (κ2) is 5.53. The van der Waals surface area contributed by atoms with E-state index in [4.69, 9.17) is 0 Å². The number of cyclic esters (lactones) is 1. The predicted molar refractivity (Wildman–Crippen MR) is 71.7 cm³/mol. The van der Waals surface area contributed by atoms with Crippen LogP contribution in [0.2, 0.25) is 0 Å². The summed E-state index contributed by atoms with van der Waals surface area (Å²) in [6, 6.07) is 2.81. The van der Waals surface area contributed by atoms with Crippen molar-refractivity contribution >= 4 is 22.0 Å². The van der Waals surface area contributed by atoms with Gasteiger partial charge in [-0.15, -0.1) is 0 Å². The molecule has 2 aliphatic heterocycles. The lowest BCUT2D eigenvalue weighted by Crippen LogP contribution is -2.54. The van der Waals surface area contributed by atoms with Gasteiger partial charge in [0.2, 0.25) is 10.0 Å². The smallest absolute Gasteiger partial charge is 0.417 e. The minimum Gasteiger partial charge on any atom is -0.439 e. The SMILES string of the molecule is O=C1COC(=O)N1CC1CN(S(=O)(=O)c2c(F)cccc2F)C1. The van der Waals surface area contributed by atoms with Gasteiger partial charge in [0.1, 0.15) is 11.6 Å². The van der Waals surface area contributed by atoms with Crippen LogP contribution in [0.15, 0.2) is 23.1 Å². The molecule has 3 rings (SSSR count). The molecule has 2 amide bonds. The molecule has 0 bridgehead atoms. The second-order valence-electron chi connectivity index (χ2n) is 5.30. The van der Waals surface area contributed by atoms with E-state index in [9.17, 15) is 26.8 Å². The Morgan fingerprint density at radius 2 is 1.78 bits per heavy atom. The summed E-state index contributed by atoms with van der Waals surface area (Å²) in [5, 5.41) is 0. The number of rotatable bonds is 4. The van der Waals surface area contributed by atoms with E-state index in [0.29, 0.717) is 0 Å². The molecule has 1 aromatic carbocycles. The number of ether oxygens (including phenoxy) is 1. The summed E-state index contributed by atoms with van der Waals surface area (Å²) in [5.41, 5.74) is 0. The van der Waals surface area contributed by atoms with Gasteiger partial charge in [-0.1, -0.05) is 6.07 Å². The summed E-state index contributed by atoms with van der Waals surface area (Å²) < 4.78 is 57.2. The molecule has 2 saturated heterocycles. The van der Waals surface area contributed by atoms with E-state index >= 15 is 0 Å². The van der Waals surface area contributed by atoms with Gasteiger partial charge in [-0.3, -0.25) is 4.79 Å². The fourth-order valence-corrected chi connectivity index (χ4v) is 4.21. The third-order valence-corrected chi connectivity index (χ3v) is 5.61. The molecule has 0 unspecified atom stereocenters. The van der Waals surface area contributed by atoms with Gasteiger partial charge in [-0.2, -0.15) is 4.31 Å². The number of sulfonamides is 1. The number of hydrogen-bond acceptors (Lipinski definition) is 5. The number of carbonyl (C=O) groups excluding carboxylic acids is 2. The summed E-state index contributed by atoms with van der Waals surface area (Å²) in [6.07, 6.45) is -0.767. The van der Waals surface area contributed by atoms with E-state index in [-0.39, 0.29) is 32.2 Å². The van der Waals surface area contributed by atoms with Crippen molar-refractivity contribution in [3.8, 4) is 0 Å². The zero-order valence-corrected chi connectivity index (χ0v) is 12.6. The van der Waals surface area contributed by atoms with Crippen LogP contribution in [0.4, 0.5) is 13.6 Å². The fourth-order valence-electron chi connectivity index (χ4n) is 2.51. The zero-order chi connectivity index (χ0) is 16.8. The Hall–Kier alpha value is -2.07. The van der Waals surface area contributed by atoms with Crippen molar-refractivity contribution in [3.63, 3.8) is 0 Å². The van der Waals surface area contributed by atoms with Crippen molar-refractivity contribution in [1.29, 1.82) is 0 Å². The molecule has 0 aliphatic carbocycles. The first-order valence-electron chi connectivity index (χ1n) is 6.72. The third-order valence-electron chi connectivity index (χ3n) is 3.72. The van der Waals surface area contributed by atoms with Crippen LogP contribution in [0.25, 0.3) is 0 Å². The summed E-state index contributed by atoms with van der Waals surface area (Å²) in [5.74, 6) is -3.11. The maximum absolute atomic E-state index is 13.6. The van der Waals surface area contributed by atoms with E-state index in [1.54, 1.807) is 0 Å². The number of imide groups is 1. The lowest BCUT2D eigenvalue weighted by Gasteiger charge is -2.39. The van der Waals surface area contributed by atoms with Crippen LogP contribution < -0.4 is 0 Å². The summed E-state index contributed by atoms with van der Waals surface area (Å²) in [4.78, 5) is 22.6. The van der Waals surface area contributed by atoms with Crippen molar-refractivity contribution in [2.45, 2.75) is 4.90 Å². The molecule has 1 aromatic rings. The minimum atomic E-state index is -4.29. The number of hydrogen-bond donors (Lipinski definition) is 0.